The minimum Gasteiger partial charge on any atom is -0.494 e. The molecule has 1 fully saturated rings. The first-order valence-electron chi connectivity index (χ1n) is 7.28. The highest BCUT2D eigenvalue weighted by atomic mass is 32.2. The first-order valence-corrected chi connectivity index (χ1v) is 9.65. The molecule has 2 rings (SSSR count). The lowest BCUT2D eigenvalue weighted by molar-refractivity contribution is 0.174. The molecule has 1 aromatic heterocycles. The van der Waals surface area contributed by atoms with Gasteiger partial charge in [-0.15, -0.1) is 11.3 Å². The predicted octanol–water partition coefficient (Wildman–Crippen LogP) is 2.16. The molecule has 1 aliphatic heterocycles. The molecule has 1 saturated heterocycles. The van der Waals surface area contributed by atoms with Crippen molar-refractivity contribution >= 4 is 21.4 Å². The van der Waals surface area contributed by atoms with E-state index in [4.69, 9.17) is 4.74 Å². The fourth-order valence-corrected chi connectivity index (χ4v) is 5.35. The van der Waals surface area contributed by atoms with Crippen LogP contribution in [0.5, 0.6) is 5.75 Å². The summed E-state index contributed by atoms with van der Waals surface area (Å²) < 4.78 is 32.9. The summed E-state index contributed by atoms with van der Waals surface area (Å²) in [5.74, 6) is 1.10. The van der Waals surface area contributed by atoms with Crippen molar-refractivity contribution < 1.29 is 13.2 Å². The minimum absolute atomic E-state index is 0.118. The van der Waals surface area contributed by atoms with Crippen LogP contribution >= 0.6 is 11.3 Å². The average molecular weight is 332 g/mol. The Bertz CT molecular complexity index is 556. The van der Waals surface area contributed by atoms with Crippen molar-refractivity contribution in [3.05, 3.63) is 11.4 Å². The summed E-state index contributed by atoms with van der Waals surface area (Å²) in [6.45, 7) is 7.01. The lowest BCUT2D eigenvalue weighted by Gasteiger charge is -2.32. The highest BCUT2D eigenvalue weighted by Gasteiger charge is 2.25. The van der Waals surface area contributed by atoms with Crippen LogP contribution in [0.4, 0.5) is 0 Å². The molecule has 1 N–H and O–H groups in total. The molecule has 1 aromatic rings. The van der Waals surface area contributed by atoms with Gasteiger partial charge in [0.25, 0.3) is 10.0 Å². The molecule has 5 nitrogen and oxygen atoms in total. The number of ether oxygens (including phenoxy) is 1. The van der Waals surface area contributed by atoms with Gasteiger partial charge in [-0.1, -0.05) is 6.92 Å². The summed E-state index contributed by atoms with van der Waals surface area (Å²) in [5.41, 5.74) is 0. The molecule has 0 unspecified atom stereocenters. The normalized spacial score (nSPS) is 22.1. The average Bonchev–Trinajstić information content (AvgIpc) is 2.86. The minimum atomic E-state index is -3.51. The van der Waals surface area contributed by atoms with Gasteiger partial charge >= 0.3 is 0 Å². The molecular formula is C14H24N2O3S2. The summed E-state index contributed by atoms with van der Waals surface area (Å²) in [5, 5.41) is 1.73. The molecule has 120 valence electrons. The van der Waals surface area contributed by atoms with Gasteiger partial charge in [0.2, 0.25) is 0 Å². The van der Waals surface area contributed by atoms with Crippen molar-refractivity contribution in [2.75, 3.05) is 26.7 Å². The van der Waals surface area contributed by atoms with Crippen molar-refractivity contribution in [3.63, 3.8) is 0 Å². The van der Waals surface area contributed by atoms with Crippen LogP contribution in [0.25, 0.3) is 0 Å². The Morgan fingerprint density at radius 3 is 3.00 bits per heavy atom. The number of thiophene rings is 1. The van der Waals surface area contributed by atoms with Gasteiger partial charge in [0, 0.05) is 19.1 Å². The van der Waals surface area contributed by atoms with Crippen LogP contribution < -0.4 is 9.46 Å². The Labute approximate surface area is 131 Å². The smallest absolute Gasteiger partial charge is 0.254 e. The van der Waals surface area contributed by atoms with Gasteiger partial charge in [-0.3, -0.25) is 0 Å². The molecule has 7 heteroatoms. The molecular weight excluding hydrogens is 308 g/mol. The maximum Gasteiger partial charge on any atom is 0.254 e. The molecule has 0 bridgehead atoms. The van der Waals surface area contributed by atoms with Gasteiger partial charge in [0.05, 0.1) is 7.11 Å². The summed E-state index contributed by atoms with van der Waals surface area (Å²) in [6.07, 6.45) is 2.46. The van der Waals surface area contributed by atoms with E-state index in [9.17, 15) is 8.42 Å². The van der Waals surface area contributed by atoms with E-state index in [0.29, 0.717) is 11.7 Å². The van der Waals surface area contributed by atoms with Crippen LogP contribution in [0, 0.1) is 5.92 Å². The lowest BCUT2D eigenvalue weighted by Crippen LogP contribution is -2.45. The van der Waals surface area contributed by atoms with E-state index in [-0.39, 0.29) is 10.3 Å². The third-order valence-electron chi connectivity index (χ3n) is 3.69. The second-order valence-electron chi connectivity index (χ2n) is 5.81. The number of likely N-dealkylation sites (tertiary alicyclic amines) is 1. The molecule has 0 amide bonds. The van der Waals surface area contributed by atoms with Crippen LogP contribution in [0.3, 0.4) is 0 Å². The number of methoxy groups -OCH3 is 1. The second kappa shape index (κ2) is 7.09. The highest BCUT2D eigenvalue weighted by Crippen LogP contribution is 2.29. The summed E-state index contributed by atoms with van der Waals surface area (Å²) in [4.78, 5) is 2.34. The SMILES string of the molecule is COc1ccsc1S(=O)(=O)N[C@@H](C)CN1CCC[C@H](C)C1. The maximum absolute atomic E-state index is 12.4. The van der Waals surface area contributed by atoms with Gasteiger partial charge in [-0.05, 0) is 43.7 Å². The van der Waals surface area contributed by atoms with Crippen molar-refractivity contribution in [2.24, 2.45) is 5.92 Å². The van der Waals surface area contributed by atoms with E-state index >= 15 is 0 Å². The number of rotatable bonds is 6. The van der Waals surface area contributed by atoms with Crippen LogP contribution in [0.2, 0.25) is 0 Å². The number of nitrogens with one attached hydrogen (secondary N) is 1. The topological polar surface area (TPSA) is 58.6 Å². The molecule has 2 atom stereocenters. The van der Waals surface area contributed by atoms with Gasteiger partial charge in [-0.2, -0.15) is 0 Å². The summed E-state index contributed by atoms with van der Waals surface area (Å²) >= 11 is 1.18. The molecule has 0 aromatic carbocycles. The first-order chi connectivity index (χ1) is 9.92. The van der Waals surface area contributed by atoms with Gasteiger partial charge in [0.15, 0.2) is 4.21 Å². The molecule has 0 aliphatic carbocycles. The third-order valence-corrected chi connectivity index (χ3v) is 6.73. The number of hydrogen-bond donors (Lipinski definition) is 1. The fraction of sp³-hybridized carbons (Fsp3) is 0.714. The molecule has 0 spiro atoms. The Hall–Kier alpha value is -0.630. The number of sulfonamides is 1. The zero-order valence-corrected chi connectivity index (χ0v) is 14.5. The van der Waals surface area contributed by atoms with E-state index in [1.165, 1.54) is 31.3 Å². The van der Waals surface area contributed by atoms with E-state index in [1.807, 2.05) is 6.92 Å². The van der Waals surface area contributed by atoms with E-state index in [1.54, 1.807) is 11.4 Å². The Morgan fingerprint density at radius 1 is 1.57 bits per heavy atom. The fourth-order valence-electron chi connectivity index (χ4n) is 2.83. The van der Waals surface area contributed by atoms with Crippen molar-refractivity contribution in [3.8, 4) is 5.75 Å². The molecule has 21 heavy (non-hydrogen) atoms. The van der Waals surface area contributed by atoms with Gasteiger partial charge in [-0.25, -0.2) is 13.1 Å². The third kappa shape index (κ3) is 4.42. The van der Waals surface area contributed by atoms with Crippen molar-refractivity contribution in [1.82, 2.24) is 9.62 Å². The summed E-state index contributed by atoms with van der Waals surface area (Å²) in [6, 6.07) is 1.56. The standard InChI is InChI=1S/C14H24N2O3S2/c1-11-5-4-7-16(9-11)10-12(2)15-21(17,18)14-13(19-3)6-8-20-14/h6,8,11-12,15H,4-5,7,9-10H2,1-3H3/t11-,12-/m0/s1. The molecule has 2 heterocycles. The van der Waals surface area contributed by atoms with Crippen LogP contribution in [0.1, 0.15) is 26.7 Å². The highest BCUT2D eigenvalue weighted by molar-refractivity contribution is 7.91. The van der Waals surface area contributed by atoms with Crippen molar-refractivity contribution in [1.29, 1.82) is 0 Å². The van der Waals surface area contributed by atoms with Crippen molar-refractivity contribution in [2.45, 2.75) is 36.9 Å². The van der Waals surface area contributed by atoms with Crippen LogP contribution in [0.15, 0.2) is 15.7 Å². The Balaban J connectivity index is 1.96. The lowest BCUT2D eigenvalue weighted by atomic mass is 10.00. The maximum atomic E-state index is 12.4. The number of hydrogen-bond acceptors (Lipinski definition) is 5. The molecule has 0 saturated carbocycles. The number of piperidine rings is 1. The number of nitrogens with zero attached hydrogens (tertiary/aromatic N) is 1. The van der Waals surface area contributed by atoms with Gasteiger partial charge < -0.3 is 9.64 Å². The monoisotopic (exact) mass is 332 g/mol. The second-order valence-corrected chi connectivity index (χ2v) is 8.63. The van der Waals surface area contributed by atoms with E-state index < -0.39 is 10.0 Å². The van der Waals surface area contributed by atoms with Crippen LogP contribution in [-0.4, -0.2) is 46.1 Å². The first kappa shape index (κ1) is 16.7. The largest absolute Gasteiger partial charge is 0.494 e. The molecule has 0 radical (unpaired) electrons. The zero-order valence-electron chi connectivity index (χ0n) is 12.8. The van der Waals surface area contributed by atoms with Crippen LogP contribution in [-0.2, 0) is 10.0 Å². The Kier molecular flexibility index (Phi) is 5.65. The predicted molar refractivity (Wildman–Crippen MR) is 85.5 cm³/mol. The summed E-state index contributed by atoms with van der Waals surface area (Å²) in [7, 11) is -2.02. The van der Waals surface area contributed by atoms with Gasteiger partial charge in [0.1, 0.15) is 5.75 Å². The van der Waals surface area contributed by atoms with E-state index in [2.05, 4.69) is 16.5 Å². The molecule has 1 aliphatic rings. The Morgan fingerprint density at radius 2 is 2.33 bits per heavy atom. The quantitative estimate of drug-likeness (QED) is 0.867. The zero-order chi connectivity index (χ0) is 15.5. The van der Waals surface area contributed by atoms with E-state index in [0.717, 1.165) is 19.6 Å².